The Hall–Kier alpha value is -3.51. The van der Waals surface area contributed by atoms with Crippen LogP contribution >= 0.6 is 11.6 Å². The van der Waals surface area contributed by atoms with Crippen molar-refractivity contribution in [1.82, 2.24) is 4.90 Å². The predicted molar refractivity (Wildman–Crippen MR) is 118 cm³/mol. The average molecular weight is 450 g/mol. The van der Waals surface area contributed by atoms with Gasteiger partial charge in [0.2, 0.25) is 0 Å². The predicted octanol–water partition coefficient (Wildman–Crippen LogP) is 4.88. The van der Waals surface area contributed by atoms with Crippen molar-refractivity contribution in [2.45, 2.75) is 32.0 Å². The third kappa shape index (κ3) is 3.46. The first kappa shape index (κ1) is 20.4. The first-order valence-corrected chi connectivity index (χ1v) is 10.7. The molecule has 6 nitrogen and oxygen atoms in total. The lowest BCUT2D eigenvalue weighted by Gasteiger charge is -2.24. The second-order valence-electron chi connectivity index (χ2n) is 8.02. The average Bonchev–Trinajstić information content (AvgIpc) is 3.47. The van der Waals surface area contributed by atoms with Crippen LogP contribution in [-0.2, 0) is 22.6 Å². The number of aliphatic hydroxyl groups excluding tert-OH is 1. The van der Waals surface area contributed by atoms with Gasteiger partial charge in [-0.1, -0.05) is 23.7 Å². The van der Waals surface area contributed by atoms with Crippen LogP contribution in [-0.4, -0.2) is 27.8 Å². The normalized spacial score (nSPS) is 21.6. The maximum absolute atomic E-state index is 13.1. The Morgan fingerprint density at radius 2 is 2.00 bits per heavy atom. The van der Waals surface area contributed by atoms with Gasteiger partial charge >= 0.3 is 0 Å². The number of likely N-dealkylation sites (tertiary alicyclic amines) is 1. The molecule has 162 valence electrons. The molecule has 7 heteroatoms. The highest BCUT2D eigenvalue weighted by Crippen LogP contribution is 2.41. The molecule has 2 aromatic carbocycles. The molecule has 0 saturated carbocycles. The summed E-state index contributed by atoms with van der Waals surface area (Å²) >= 11 is 6.21. The Morgan fingerprint density at radius 1 is 1.16 bits per heavy atom. The summed E-state index contributed by atoms with van der Waals surface area (Å²) in [7, 11) is 0. The number of nitrogens with zero attached hydrogens (tertiary/aromatic N) is 1. The Labute approximate surface area is 189 Å². The number of Topliss-reactive ketones (excluding diaryl/α,β-unsaturated/α-hetero) is 1. The van der Waals surface area contributed by atoms with Crippen LogP contribution in [0.3, 0.4) is 0 Å². The topological polar surface area (TPSA) is 80.0 Å². The van der Waals surface area contributed by atoms with Crippen molar-refractivity contribution < 1.29 is 23.8 Å². The number of ether oxygens (including phenoxy) is 1. The van der Waals surface area contributed by atoms with E-state index >= 15 is 0 Å². The summed E-state index contributed by atoms with van der Waals surface area (Å²) in [6.07, 6.45) is 2.27. The van der Waals surface area contributed by atoms with Crippen LogP contribution in [0.1, 0.15) is 35.4 Å². The van der Waals surface area contributed by atoms with Gasteiger partial charge in [-0.15, -0.1) is 0 Å². The highest BCUT2D eigenvalue weighted by Gasteiger charge is 2.46. The molecule has 3 heterocycles. The lowest BCUT2D eigenvalue weighted by molar-refractivity contribution is -0.140. The molecule has 1 fully saturated rings. The lowest BCUT2D eigenvalue weighted by Crippen LogP contribution is -2.29. The second-order valence-corrected chi connectivity index (χ2v) is 8.45. The van der Waals surface area contributed by atoms with Gasteiger partial charge in [0.25, 0.3) is 11.7 Å². The highest BCUT2D eigenvalue weighted by molar-refractivity contribution is 6.46. The van der Waals surface area contributed by atoms with E-state index in [1.54, 1.807) is 48.5 Å². The van der Waals surface area contributed by atoms with Gasteiger partial charge in [0, 0.05) is 17.0 Å². The molecule has 32 heavy (non-hydrogen) atoms. The number of amides is 1. The van der Waals surface area contributed by atoms with Gasteiger partial charge in [-0.05, 0) is 60.5 Å². The molecular weight excluding hydrogens is 430 g/mol. The third-order valence-electron chi connectivity index (χ3n) is 5.78. The van der Waals surface area contributed by atoms with E-state index in [9.17, 15) is 14.7 Å². The number of furan rings is 1. The first-order valence-electron chi connectivity index (χ1n) is 10.3. The van der Waals surface area contributed by atoms with E-state index in [2.05, 4.69) is 0 Å². The fourth-order valence-electron chi connectivity index (χ4n) is 4.36. The largest absolute Gasteiger partial charge is 0.507 e. The Kier molecular flexibility index (Phi) is 5.02. The standard InChI is InChI=1S/C25H20ClNO5/c1-14-10-17-11-16(7-8-20(17)32-14)23(28)21-22(15-4-2-5-18(26)12-15)27(25(30)24(21)29)13-19-6-3-9-31-19/h2-9,11-12,14,22,28H,10,13H2,1H3/t14-,22+/m1/s1. The minimum absolute atomic E-state index is 0.0238. The number of carbonyl (C=O) groups is 2. The minimum Gasteiger partial charge on any atom is -0.507 e. The summed E-state index contributed by atoms with van der Waals surface area (Å²) in [6.45, 7) is 2.06. The zero-order chi connectivity index (χ0) is 22.4. The number of halogens is 1. The van der Waals surface area contributed by atoms with Crippen LogP contribution < -0.4 is 4.74 Å². The Bertz CT molecular complexity index is 1250. The van der Waals surface area contributed by atoms with Crippen molar-refractivity contribution in [3.05, 3.63) is 93.9 Å². The smallest absolute Gasteiger partial charge is 0.296 e. The first-order chi connectivity index (χ1) is 15.4. The number of rotatable bonds is 4. The van der Waals surface area contributed by atoms with Gasteiger partial charge < -0.3 is 19.2 Å². The second kappa shape index (κ2) is 7.88. The van der Waals surface area contributed by atoms with Crippen LogP contribution in [0.25, 0.3) is 5.76 Å². The van der Waals surface area contributed by atoms with Crippen molar-refractivity contribution in [1.29, 1.82) is 0 Å². The van der Waals surface area contributed by atoms with Crippen LogP contribution in [0.5, 0.6) is 5.75 Å². The molecule has 3 aromatic rings. The van der Waals surface area contributed by atoms with E-state index in [1.807, 2.05) is 13.0 Å². The molecule has 5 rings (SSSR count). The van der Waals surface area contributed by atoms with E-state index in [0.717, 1.165) is 11.3 Å². The molecule has 0 radical (unpaired) electrons. The number of hydrogen-bond acceptors (Lipinski definition) is 5. The number of ketones is 1. The van der Waals surface area contributed by atoms with Crippen LogP contribution in [0, 0.1) is 0 Å². The molecule has 2 aliphatic heterocycles. The molecule has 2 aliphatic rings. The monoisotopic (exact) mass is 449 g/mol. The van der Waals surface area contributed by atoms with Crippen molar-refractivity contribution in [2.75, 3.05) is 0 Å². The van der Waals surface area contributed by atoms with Gasteiger partial charge in [0.15, 0.2) is 0 Å². The van der Waals surface area contributed by atoms with Crippen LogP contribution in [0.15, 0.2) is 70.9 Å². The molecule has 2 atom stereocenters. The number of benzene rings is 2. The maximum atomic E-state index is 13.1. The van der Waals surface area contributed by atoms with Crippen LogP contribution in [0.2, 0.25) is 5.02 Å². The zero-order valence-electron chi connectivity index (χ0n) is 17.2. The van der Waals surface area contributed by atoms with Crippen molar-refractivity contribution in [3.8, 4) is 5.75 Å². The fourth-order valence-corrected chi connectivity index (χ4v) is 4.56. The number of carbonyl (C=O) groups excluding carboxylic acids is 2. The molecule has 1 N–H and O–H groups in total. The van der Waals surface area contributed by atoms with Crippen molar-refractivity contribution in [3.63, 3.8) is 0 Å². The van der Waals surface area contributed by atoms with Gasteiger partial charge in [0.05, 0.1) is 24.4 Å². The summed E-state index contributed by atoms with van der Waals surface area (Å²) in [5, 5.41) is 11.7. The molecule has 0 aliphatic carbocycles. The summed E-state index contributed by atoms with van der Waals surface area (Å²) in [5.41, 5.74) is 2.06. The summed E-state index contributed by atoms with van der Waals surface area (Å²) in [5.74, 6) is -0.380. The summed E-state index contributed by atoms with van der Waals surface area (Å²) in [6, 6.07) is 14.9. The quantitative estimate of drug-likeness (QED) is 0.349. The van der Waals surface area contributed by atoms with Gasteiger partial charge in [0.1, 0.15) is 23.4 Å². The molecule has 0 unspecified atom stereocenters. The number of aliphatic hydroxyl groups is 1. The van der Waals surface area contributed by atoms with E-state index in [-0.39, 0.29) is 24.0 Å². The van der Waals surface area contributed by atoms with E-state index in [1.165, 1.54) is 11.2 Å². The van der Waals surface area contributed by atoms with Crippen LogP contribution in [0.4, 0.5) is 0 Å². The summed E-state index contributed by atoms with van der Waals surface area (Å²) < 4.78 is 11.1. The maximum Gasteiger partial charge on any atom is 0.296 e. The zero-order valence-corrected chi connectivity index (χ0v) is 18.0. The van der Waals surface area contributed by atoms with Gasteiger partial charge in [-0.3, -0.25) is 9.59 Å². The number of fused-ring (bicyclic) bond motifs is 1. The molecular formula is C25H20ClNO5. The highest BCUT2D eigenvalue weighted by atomic mass is 35.5. The summed E-state index contributed by atoms with van der Waals surface area (Å²) in [4.78, 5) is 27.5. The van der Waals surface area contributed by atoms with Gasteiger partial charge in [-0.25, -0.2) is 0 Å². The number of hydrogen-bond donors (Lipinski definition) is 1. The molecule has 0 bridgehead atoms. The Morgan fingerprint density at radius 3 is 2.75 bits per heavy atom. The van der Waals surface area contributed by atoms with E-state index < -0.39 is 17.7 Å². The lowest BCUT2D eigenvalue weighted by atomic mass is 9.94. The third-order valence-corrected chi connectivity index (χ3v) is 6.02. The van der Waals surface area contributed by atoms with Gasteiger partial charge in [-0.2, -0.15) is 0 Å². The van der Waals surface area contributed by atoms with Crippen molar-refractivity contribution >= 4 is 29.1 Å². The molecule has 0 spiro atoms. The Balaban J connectivity index is 1.64. The molecule has 1 aromatic heterocycles. The minimum atomic E-state index is -0.803. The SMILES string of the molecule is C[C@@H]1Cc2cc(C(O)=C3C(=O)C(=O)N(Cc4ccco4)[C@H]3c3cccc(Cl)c3)ccc2O1. The fraction of sp³-hybridized carbons (Fsp3) is 0.200. The van der Waals surface area contributed by atoms with E-state index in [0.29, 0.717) is 28.3 Å². The molecule has 1 saturated heterocycles. The van der Waals surface area contributed by atoms with E-state index in [4.69, 9.17) is 20.8 Å². The van der Waals surface area contributed by atoms with Crippen molar-refractivity contribution in [2.24, 2.45) is 0 Å². The molecule has 1 amide bonds.